The molecular formula is C18H18Cl2N2O2. The third-order valence-electron chi connectivity index (χ3n) is 3.39. The van der Waals surface area contributed by atoms with Crippen molar-refractivity contribution in [1.29, 1.82) is 0 Å². The van der Waals surface area contributed by atoms with E-state index in [0.717, 1.165) is 16.7 Å². The molecular weight excluding hydrogens is 347 g/mol. The molecule has 0 fully saturated rings. The molecule has 0 bridgehead atoms. The number of hydrogen-bond donors (Lipinski definition) is 2. The molecule has 0 aliphatic rings. The van der Waals surface area contributed by atoms with Crippen molar-refractivity contribution in [3.8, 4) is 16.9 Å². The highest BCUT2D eigenvalue weighted by Gasteiger charge is 2.11. The average Bonchev–Trinajstić information content (AvgIpc) is 2.58. The lowest BCUT2D eigenvalue weighted by Crippen LogP contribution is -2.26. The van der Waals surface area contributed by atoms with E-state index in [1.165, 1.54) is 0 Å². The van der Waals surface area contributed by atoms with Gasteiger partial charge in [0.1, 0.15) is 11.6 Å². The number of nitrogens with one attached hydrogen (secondary N) is 1. The van der Waals surface area contributed by atoms with Crippen LogP contribution in [0.25, 0.3) is 11.1 Å². The van der Waals surface area contributed by atoms with E-state index < -0.39 is 0 Å². The largest absolute Gasteiger partial charge is 0.507 e. The Morgan fingerprint density at radius 2 is 2.08 bits per heavy atom. The van der Waals surface area contributed by atoms with Crippen LogP contribution in [0.5, 0.6) is 5.75 Å². The van der Waals surface area contributed by atoms with Gasteiger partial charge in [0.05, 0.1) is 11.6 Å². The van der Waals surface area contributed by atoms with Crippen LogP contribution < -0.4 is 5.32 Å². The molecule has 0 aliphatic heterocycles. The Balaban J connectivity index is 2.16. The minimum Gasteiger partial charge on any atom is -0.507 e. The Labute approximate surface area is 151 Å². The molecule has 2 N–H and O–H groups in total. The molecule has 2 aromatic rings. The van der Waals surface area contributed by atoms with E-state index in [1.807, 2.05) is 37.3 Å². The molecule has 2 aromatic carbocycles. The summed E-state index contributed by atoms with van der Waals surface area (Å²) in [5.41, 5.74) is 3.22. The second-order valence-corrected chi connectivity index (χ2v) is 5.89. The van der Waals surface area contributed by atoms with Gasteiger partial charge in [-0.25, -0.2) is 0 Å². The van der Waals surface area contributed by atoms with Gasteiger partial charge in [-0.1, -0.05) is 41.4 Å². The lowest BCUT2D eigenvalue weighted by atomic mass is 10.0. The predicted octanol–water partition coefficient (Wildman–Crippen LogP) is 3.79. The summed E-state index contributed by atoms with van der Waals surface area (Å²) in [5.74, 6) is -0.0976. The second-order valence-electron chi connectivity index (χ2n) is 5.25. The van der Waals surface area contributed by atoms with Gasteiger partial charge >= 0.3 is 0 Å². The van der Waals surface area contributed by atoms with E-state index in [-0.39, 0.29) is 17.5 Å². The molecule has 0 atom stereocenters. The summed E-state index contributed by atoms with van der Waals surface area (Å²) < 4.78 is 0. The summed E-state index contributed by atoms with van der Waals surface area (Å²) in [6.07, 6.45) is 1.66. The molecule has 0 unspecified atom stereocenters. The van der Waals surface area contributed by atoms with Crippen molar-refractivity contribution < 1.29 is 9.90 Å². The van der Waals surface area contributed by atoms with Crippen molar-refractivity contribution in [2.45, 2.75) is 6.92 Å². The van der Waals surface area contributed by atoms with Crippen molar-refractivity contribution in [3.63, 3.8) is 0 Å². The van der Waals surface area contributed by atoms with Gasteiger partial charge in [-0.2, -0.15) is 0 Å². The summed E-state index contributed by atoms with van der Waals surface area (Å²) in [4.78, 5) is 15.3. The number of phenolic OH excluding ortho intramolecular Hbond substituents is 1. The Morgan fingerprint density at radius 1 is 1.29 bits per heavy atom. The van der Waals surface area contributed by atoms with E-state index in [4.69, 9.17) is 23.2 Å². The topological polar surface area (TPSA) is 61.7 Å². The highest BCUT2D eigenvalue weighted by Crippen LogP contribution is 2.36. The number of rotatable bonds is 6. The quantitative estimate of drug-likeness (QED) is 0.465. The summed E-state index contributed by atoms with van der Waals surface area (Å²) in [6.45, 7) is 2.80. The summed E-state index contributed by atoms with van der Waals surface area (Å²) >= 11 is 11.9. The number of alkyl halides is 1. The maximum Gasteiger partial charge on any atom is 0.234 e. The highest BCUT2D eigenvalue weighted by molar-refractivity contribution is 6.35. The smallest absolute Gasteiger partial charge is 0.234 e. The molecule has 126 valence electrons. The molecule has 0 aliphatic carbocycles. The molecule has 0 saturated carbocycles. The maximum absolute atomic E-state index is 11.0. The molecule has 6 heteroatoms. The van der Waals surface area contributed by atoms with Crippen LogP contribution in [-0.4, -0.2) is 36.2 Å². The maximum atomic E-state index is 11.0. The Morgan fingerprint density at radius 3 is 2.83 bits per heavy atom. The molecule has 0 heterocycles. The van der Waals surface area contributed by atoms with E-state index in [1.54, 1.807) is 12.3 Å². The van der Waals surface area contributed by atoms with Crippen LogP contribution in [0.15, 0.2) is 41.4 Å². The molecule has 4 nitrogen and oxygen atoms in total. The number of phenols is 1. The minimum atomic E-state index is -0.221. The van der Waals surface area contributed by atoms with Gasteiger partial charge < -0.3 is 10.4 Å². The van der Waals surface area contributed by atoms with Crippen molar-refractivity contribution in [2.24, 2.45) is 4.99 Å². The number of aliphatic imine (C=N–C) groups is 1. The lowest BCUT2D eigenvalue weighted by Gasteiger charge is -2.10. The first-order valence-corrected chi connectivity index (χ1v) is 8.35. The Bertz CT molecular complexity index is 761. The lowest BCUT2D eigenvalue weighted by molar-refractivity contribution is -0.118. The molecule has 0 saturated heterocycles. The monoisotopic (exact) mass is 364 g/mol. The first-order chi connectivity index (χ1) is 11.5. The van der Waals surface area contributed by atoms with Crippen LogP contribution in [0.4, 0.5) is 0 Å². The minimum absolute atomic E-state index is 0.0580. The number of halogens is 2. The zero-order valence-corrected chi connectivity index (χ0v) is 14.7. The van der Waals surface area contributed by atoms with Crippen molar-refractivity contribution in [3.05, 3.63) is 52.5 Å². The van der Waals surface area contributed by atoms with Gasteiger partial charge in [-0.05, 0) is 19.1 Å². The number of aryl methyl sites for hydroxylation is 1. The Kier molecular flexibility index (Phi) is 6.64. The zero-order valence-electron chi connectivity index (χ0n) is 13.2. The number of benzene rings is 2. The van der Waals surface area contributed by atoms with Gasteiger partial charge in [0.2, 0.25) is 5.91 Å². The summed E-state index contributed by atoms with van der Waals surface area (Å²) in [7, 11) is 0. The third-order valence-corrected chi connectivity index (χ3v) is 4.05. The van der Waals surface area contributed by atoms with Crippen molar-refractivity contribution in [1.82, 2.24) is 5.32 Å². The zero-order chi connectivity index (χ0) is 17.5. The number of carbonyl (C=O) groups excluding carboxylic acids is 1. The SMILES string of the molecule is Cc1ccc(O)c(-c2cccc(C=NCCNC(=O)CCl)c2Cl)c1. The normalized spacial score (nSPS) is 11.0. The number of hydrogen-bond acceptors (Lipinski definition) is 3. The highest BCUT2D eigenvalue weighted by atomic mass is 35.5. The van der Waals surface area contributed by atoms with Gasteiger partial charge in [0.25, 0.3) is 0 Å². The van der Waals surface area contributed by atoms with Crippen LogP contribution in [0.3, 0.4) is 0 Å². The molecule has 0 aromatic heterocycles. The summed E-state index contributed by atoms with van der Waals surface area (Å²) in [5, 5.41) is 13.2. The fourth-order valence-electron chi connectivity index (χ4n) is 2.19. The van der Waals surface area contributed by atoms with Crippen LogP contribution >= 0.6 is 23.2 Å². The van der Waals surface area contributed by atoms with Crippen LogP contribution in [-0.2, 0) is 4.79 Å². The molecule has 24 heavy (non-hydrogen) atoms. The van der Waals surface area contributed by atoms with Gasteiger partial charge in [-0.3, -0.25) is 9.79 Å². The number of amides is 1. The molecule has 2 rings (SSSR count). The third kappa shape index (κ3) is 4.73. The first-order valence-electron chi connectivity index (χ1n) is 7.44. The average molecular weight is 365 g/mol. The first kappa shape index (κ1) is 18.3. The van der Waals surface area contributed by atoms with E-state index in [0.29, 0.717) is 23.7 Å². The number of carbonyl (C=O) groups is 1. The fraction of sp³-hybridized carbons (Fsp3) is 0.222. The van der Waals surface area contributed by atoms with Crippen LogP contribution in [0.1, 0.15) is 11.1 Å². The Hall–Kier alpha value is -2.04. The van der Waals surface area contributed by atoms with Gasteiger partial charge in [0, 0.05) is 29.4 Å². The molecule has 0 radical (unpaired) electrons. The summed E-state index contributed by atoms with van der Waals surface area (Å²) in [6, 6.07) is 10.9. The molecule has 1 amide bonds. The van der Waals surface area contributed by atoms with E-state index >= 15 is 0 Å². The number of nitrogens with zero attached hydrogens (tertiary/aromatic N) is 1. The van der Waals surface area contributed by atoms with Gasteiger partial charge in [0.15, 0.2) is 0 Å². The molecule has 0 spiro atoms. The van der Waals surface area contributed by atoms with E-state index in [2.05, 4.69) is 10.3 Å². The van der Waals surface area contributed by atoms with Crippen LogP contribution in [0.2, 0.25) is 5.02 Å². The second kappa shape index (κ2) is 8.71. The van der Waals surface area contributed by atoms with Gasteiger partial charge in [-0.15, -0.1) is 11.6 Å². The standard InChI is InChI=1S/C18H18Cl2N2O2/c1-12-5-6-16(23)15(9-12)14-4-2-3-13(18(14)20)11-21-7-8-22-17(24)10-19/h2-6,9,11,23H,7-8,10H2,1H3,(H,22,24). The van der Waals surface area contributed by atoms with Crippen molar-refractivity contribution >= 4 is 35.3 Å². The van der Waals surface area contributed by atoms with Crippen molar-refractivity contribution in [2.75, 3.05) is 19.0 Å². The van der Waals surface area contributed by atoms with E-state index in [9.17, 15) is 9.90 Å². The van der Waals surface area contributed by atoms with Crippen LogP contribution in [0, 0.1) is 6.92 Å². The number of aromatic hydroxyl groups is 1. The predicted molar refractivity (Wildman–Crippen MR) is 99.5 cm³/mol. The fourth-order valence-corrected chi connectivity index (χ4v) is 2.56.